The molecule has 27 heavy (non-hydrogen) atoms. The molecule has 4 nitrogen and oxygen atoms in total. The van der Waals surface area contributed by atoms with Gasteiger partial charge in [0.25, 0.3) is 5.91 Å². The van der Waals surface area contributed by atoms with Crippen LogP contribution in [-0.2, 0) is 11.2 Å². The van der Waals surface area contributed by atoms with Crippen molar-refractivity contribution in [1.29, 1.82) is 0 Å². The Morgan fingerprint density at radius 3 is 2.22 bits per heavy atom. The molecule has 0 aromatic heterocycles. The fraction of sp³-hybridized carbons (Fsp3) is 0.300. The van der Waals surface area contributed by atoms with Gasteiger partial charge in [0.05, 0.1) is 12.0 Å². The lowest BCUT2D eigenvalue weighted by molar-refractivity contribution is -0.131. The van der Waals surface area contributed by atoms with Gasteiger partial charge in [0.2, 0.25) is 5.91 Å². The van der Waals surface area contributed by atoms with Gasteiger partial charge in [0.1, 0.15) is 17.5 Å². The van der Waals surface area contributed by atoms with Crippen molar-refractivity contribution in [3.05, 3.63) is 71.0 Å². The third-order valence-electron chi connectivity index (χ3n) is 4.63. The molecule has 0 atom stereocenters. The van der Waals surface area contributed by atoms with Gasteiger partial charge in [-0.05, 0) is 42.7 Å². The van der Waals surface area contributed by atoms with Gasteiger partial charge < -0.3 is 10.2 Å². The Morgan fingerprint density at radius 2 is 1.59 bits per heavy atom. The Hall–Kier alpha value is -2.83. The van der Waals surface area contributed by atoms with E-state index in [2.05, 4.69) is 5.32 Å². The van der Waals surface area contributed by atoms with Crippen LogP contribution >= 0.6 is 0 Å². The summed E-state index contributed by atoms with van der Waals surface area (Å²) in [5.41, 5.74) is 0.537. The zero-order chi connectivity index (χ0) is 19.4. The van der Waals surface area contributed by atoms with Crippen LogP contribution in [0.2, 0.25) is 0 Å². The summed E-state index contributed by atoms with van der Waals surface area (Å²) in [4.78, 5) is 26.2. The van der Waals surface area contributed by atoms with Crippen molar-refractivity contribution in [2.75, 3.05) is 13.1 Å². The normalized spacial score (nSPS) is 14.9. The van der Waals surface area contributed by atoms with Gasteiger partial charge in [0, 0.05) is 25.2 Å². The van der Waals surface area contributed by atoms with Gasteiger partial charge in [-0.2, -0.15) is 0 Å². The molecule has 142 valence electrons. The van der Waals surface area contributed by atoms with Crippen molar-refractivity contribution in [3.8, 4) is 0 Å². The summed E-state index contributed by atoms with van der Waals surface area (Å²) in [5, 5.41) is 2.73. The van der Waals surface area contributed by atoms with Crippen molar-refractivity contribution < 1.29 is 22.8 Å². The van der Waals surface area contributed by atoms with Crippen LogP contribution in [-0.4, -0.2) is 35.8 Å². The number of piperidine rings is 1. The third-order valence-corrected chi connectivity index (χ3v) is 4.63. The Labute approximate surface area is 155 Å². The number of carbonyl (C=O) groups is 2. The summed E-state index contributed by atoms with van der Waals surface area (Å²) < 4.78 is 39.5. The Kier molecular flexibility index (Phi) is 5.78. The Bertz CT molecular complexity index is 832. The maximum atomic E-state index is 13.7. The highest BCUT2D eigenvalue weighted by atomic mass is 19.1. The summed E-state index contributed by atoms with van der Waals surface area (Å²) in [6.45, 7) is 0.938. The average molecular weight is 376 g/mol. The summed E-state index contributed by atoms with van der Waals surface area (Å²) in [7, 11) is 0. The van der Waals surface area contributed by atoms with Gasteiger partial charge in [-0.25, -0.2) is 13.2 Å². The van der Waals surface area contributed by atoms with Crippen LogP contribution in [0, 0.1) is 17.5 Å². The molecule has 0 spiro atoms. The molecule has 0 unspecified atom stereocenters. The van der Waals surface area contributed by atoms with Crippen molar-refractivity contribution in [2.45, 2.75) is 25.3 Å². The van der Waals surface area contributed by atoms with E-state index in [1.165, 1.54) is 12.1 Å². The fourth-order valence-corrected chi connectivity index (χ4v) is 3.10. The van der Waals surface area contributed by atoms with Crippen LogP contribution in [0.15, 0.2) is 42.5 Å². The van der Waals surface area contributed by atoms with E-state index in [1.54, 1.807) is 17.0 Å². The molecule has 2 aromatic carbocycles. The first-order valence-corrected chi connectivity index (χ1v) is 8.70. The molecule has 1 fully saturated rings. The number of likely N-dealkylation sites (tertiary alicyclic amines) is 1. The molecule has 1 N–H and O–H groups in total. The van der Waals surface area contributed by atoms with E-state index < -0.39 is 17.5 Å². The lowest BCUT2D eigenvalue weighted by Crippen LogP contribution is -2.47. The molecule has 2 amide bonds. The number of amides is 2. The standard InChI is InChI=1S/C20H19F3N2O2/c21-14-3-1-13(2-4-14)11-19(26)25-9-7-16(8-10-25)24-20(27)17-6-5-15(22)12-18(17)23/h1-6,12,16H,7-11H2,(H,24,27). The molecule has 0 aliphatic carbocycles. The van der Waals surface area contributed by atoms with Crippen molar-refractivity contribution in [3.63, 3.8) is 0 Å². The first-order chi connectivity index (χ1) is 12.9. The van der Waals surface area contributed by atoms with Gasteiger partial charge in [-0.1, -0.05) is 12.1 Å². The first kappa shape index (κ1) is 18.9. The molecule has 0 radical (unpaired) electrons. The zero-order valence-corrected chi connectivity index (χ0v) is 14.6. The first-order valence-electron chi connectivity index (χ1n) is 8.70. The molecule has 1 saturated heterocycles. The van der Waals surface area contributed by atoms with E-state index in [4.69, 9.17) is 0 Å². The van der Waals surface area contributed by atoms with E-state index in [0.29, 0.717) is 32.0 Å². The van der Waals surface area contributed by atoms with Crippen LogP contribution in [0.25, 0.3) is 0 Å². The van der Waals surface area contributed by atoms with E-state index in [9.17, 15) is 22.8 Å². The van der Waals surface area contributed by atoms with Gasteiger partial charge in [-0.15, -0.1) is 0 Å². The van der Waals surface area contributed by atoms with E-state index >= 15 is 0 Å². The predicted molar refractivity (Wildman–Crippen MR) is 93.5 cm³/mol. The van der Waals surface area contributed by atoms with Gasteiger partial charge >= 0.3 is 0 Å². The van der Waals surface area contributed by atoms with Crippen molar-refractivity contribution in [1.82, 2.24) is 10.2 Å². The Balaban J connectivity index is 1.50. The molecular weight excluding hydrogens is 357 g/mol. The minimum Gasteiger partial charge on any atom is -0.349 e. The molecule has 0 saturated carbocycles. The average Bonchev–Trinajstić information content (AvgIpc) is 2.64. The van der Waals surface area contributed by atoms with Crippen molar-refractivity contribution >= 4 is 11.8 Å². The smallest absolute Gasteiger partial charge is 0.254 e. The second-order valence-corrected chi connectivity index (χ2v) is 6.56. The van der Waals surface area contributed by atoms with E-state index in [1.807, 2.05) is 0 Å². The van der Waals surface area contributed by atoms with Gasteiger partial charge in [-0.3, -0.25) is 9.59 Å². The molecular formula is C20H19F3N2O2. The number of benzene rings is 2. The monoisotopic (exact) mass is 376 g/mol. The van der Waals surface area contributed by atoms with E-state index in [-0.39, 0.29) is 29.8 Å². The number of nitrogens with zero attached hydrogens (tertiary/aromatic N) is 1. The third kappa shape index (κ3) is 4.87. The quantitative estimate of drug-likeness (QED) is 0.892. The number of carbonyl (C=O) groups excluding carboxylic acids is 2. The Morgan fingerprint density at radius 1 is 0.963 bits per heavy atom. The highest BCUT2D eigenvalue weighted by Gasteiger charge is 2.25. The zero-order valence-electron chi connectivity index (χ0n) is 14.6. The summed E-state index contributed by atoms with van der Waals surface area (Å²) in [6, 6.07) is 8.44. The largest absolute Gasteiger partial charge is 0.349 e. The number of halogens is 3. The molecule has 1 aliphatic rings. The maximum absolute atomic E-state index is 13.7. The molecule has 1 heterocycles. The second-order valence-electron chi connectivity index (χ2n) is 6.56. The lowest BCUT2D eigenvalue weighted by atomic mass is 10.0. The highest BCUT2D eigenvalue weighted by molar-refractivity contribution is 5.94. The van der Waals surface area contributed by atoms with Crippen LogP contribution in [0.4, 0.5) is 13.2 Å². The number of hydrogen-bond donors (Lipinski definition) is 1. The molecule has 3 rings (SSSR count). The highest BCUT2D eigenvalue weighted by Crippen LogP contribution is 2.15. The number of rotatable bonds is 4. The lowest BCUT2D eigenvalue weighted by Gasteiger charge is -2.32. The van der Waals surface area contributed by atoms with Crippen LogP contribution < -0.4 is 5.32 Å². The summed E-state index contributed by atoms with van der Waals surface area (Å²) in [6.07, 6.45) is 1.28. The summed E-state index contributed by atoms with van der Waals surface area (Å²) in [5.74, 6) is -2.64. The second kappa shape index (κ2) is 8.24. The molecule has 1 aliphatic heterocycles. The summed E-state index contributed by atoms with van der Waals surface area (Å²) >= 11 is 0. The SMILES string of the molecule is O=C(NC1CCN(C(=O)Cc2ccc(F)cc2)CC1)c1ccc(F)cc1F. The van der Waals surface area contributed by atoms with E-state index in [0.717, 1.165) is 17.7 Å². The fourth-order valence-electron chi connectivity index (χ4n) is 3.10. The van der Waals surface area contributed by atoms with Crippen molar-refractivity contribution in [2.24, 2.45) is 0 Å². The minimum atomic E-state index is -0.903. The van der Waals surface area contributed by atoms with Crippen LogP contribution in [0.1, 0.15) is 28.8 Å². The molecule has 2 aromatic rings. The van der Waals surface area contributed by atoms with Crippen LogP contribution in [0.5, 0.6) is 0 Å². The predicted octanol–water partition coefficient (Wildman–Crippen LogP) is 3.07. The maximum Gasteiger partial charge on any atom is 0.254 e. The van der Waals surface area contributed by atoms with Crippen LogP contribution in [0.3, 0.4) is 0 Å². The number of hydrogen-bond acceptors (Lipinski definition) is 2. The molecule has 7 heteroatoms. The van der Waals surface area contributed by atoms with Gasteiger partial charge in [0.15, 0.2) is 0 Å². The molecule has 0 bridgehead atoms. The topological polar surface area (TPSA) is 49.4 Å². The number of nitrogens with one attached hydrogen (secondary N) is 1. The minimum absolute atomic E-state index is 0.0593.